The maximum atomic E-state index is 12.7. The minimum absolute atomic E-state index is 0.319. The molecule has 0 saturated carbocycles. The largest absolute Gasteiger partial charge is 0.493 e. The van der Waals surface area contributed by atoms with Crippen molar-refractivity contribution in [1.29, 1.82) is 0 Å². The van der Waals surface area contributed by atoms with Gasteiger partial charge in [0.2, 0.25) is 0 Å². The summed E-state index contributed by atoms with van der Waals surface area (Å²) in [7, 11) is 3.07. The summed E-state index contributed by atoms with van der Waals surface area (Å²) in [6, 6.07) is 10.4. The maximum Gasteiger partial charge on any atom is 0.316 e. The summed E-state index contributed by atoms with van der Waals surface area (Å²) in [5, 5.41) is 11.3. The highest BCUT2D eigenvalue weighted by atomic mass is 32.2. The van der Waals surface area contributed by atoms with Crippen LogP contribution in [0.3, 0.4) is 0 Å². The first-order valence-corrected chi connectivity index (χ1v) is 8.77. The second-order valence-electron chi connectivity index (χ2n) is 5.57. The Hall–Kier alpha value is -2.67. The molecule has 2 aromatic carbocycles. The number of carbonyl (C=O) groups excluding carboxylic acids is 1. The van der Waals surface area contributed by atoms with Gasteiger partial charge in [-0.1, -0.05) is 12.1 Å². The van der Waals surface area contributed by atoms with E-state index in [1.807, 2.05) is 6.92 Å². The SMILES string of the molecule is COc1cc(C)c(NC(=O)c2ccccc2SC(C)C(=O)O)cc1OC. The first kappa shape index (κ1) is 19.7. The van der Waals surface area contributed by atoms with E-state index in [1.54, 1.807) is 50.4 Å². The van der Waals surface area contributed by atoms with E-state index in [4.69, 9.17) is 14.6 Å². The molecule has 2 N–H and O–H groups in total. The van der Waals surface area contributed by atoms with Crippen molar-refractivity contribution in [1.82, 2.24) is 0 Å². The first-order valence-electron chi connectivity index (χ1n) is 7.89. The number of amides is 1. The number of benzene rings is 2. The maximum absolute atomic E-state index is 12.7. The number of nitrogens with one attached hydrogen (secondary N) is 1. The van der Waals surface area contributed by atoms with E-state index in [1.165, 1.54) is 7.11 Å². The lowest BCUT2D eigenvalue weighted by Gasteiger charge is -2.15. The topological polar surface area (TPSA) is 84.9 Å². The van der Waals surface area contributed by atoms with Gasteiger partial charge in [-0.15, -0.1) is 11.8 Å². The number of methoxy groups -OCH3 is 2. The fraction of sp³-hybridized carbons (Fsp3) is 0.263. The summed E-state index contributed by atoms with van der Waals surface area (Å²) in [6.45, 7) is 3.44. The summed E-state index contributed by atoms with van der Waals surface area (Å²) in [5.74, 6) is -0.160. The number of ether oxygens (including phenoxy) is 2. The van der Waals surface area contributed by atoms with Crippen molar-refractivity contribution in [2.24, 2.45) is 0 Å². The highest BCUT2D eigenvalue weighted by molar-refractivity contribution is 8.00. The predicted octanol–water partition coefficient (Wildman–Crippen LogP) is 3.83. The molecule has 2 aromatic rings. The smallest absolute Gasteiger partial charge is 0.316 e. The third-order valence-corrected chi connectivity index (χ3v) is 4.93. The van der Waals surface area contributed by atoms with Gasteiger partial charge >= 0.3 is 5.97 Å². The Morgan fingerprint density at radius 2 is 1.73 bits per heavy atom. The van der Waals surface area contributed by atoms with E-state index in [9.17, 15) is 9.59 Å². The second-order valence-corrected chi connectivity index (χ2v) is 6.95. The van der Waals surface area contributed by atoms with Crippen LogP contribution in [0.1, 0.15) is 22.8 Å². The predicted molar refractivity (Wildman–Crippen MR) is 102 cm³/mol. The third kappa shape index (κ3) is 4.49. The number of carboxylic acid groups (broad SMARTS) is 1. The standard InChI is InChI=1S/C19H21NO5S/c1-11-9-15(24-3)16(25-4)10-14(11)20-18(21)13-7-5-6-8-17(13)26-12(2)19(22)23/h5-10,12H,1-4H3,(H,20,21)(H,22,23). The molecule has 0 fully saturated rings. The second kappa shape index (κ2) is 8.62. The van der Waals surface area contributed by atoms with Gasteiger partial charge in [-0.05, 0) is 37.6 Å². The number of carbonyl (C=O) groups is 2. The lowest BCUT2D eigenvalue weighted by Crippen LogP contribution is -2.16. The van der Waals surface area contributed by atoms with Crippen molar-refractivity contribution in [3.05, 3.63) is 47.5 Å². The van der Waals surface area contributed by atoms with Crippen LogP contribution in [0.15, 0.2) is 41.3 Å². The van der Waals surface area contributed by atoms with Crippen LogP contribution in [0.5, 0.6) is 11.5 Å². The lowest BCUT2D eigenvalue weighted by atomic mass is 10.1. The third-order valence-electron chi connectivity index (χ3n) is 3.76. The minimum Gasteiger partial charge on any atom is -0.493 e. The van der Waals surface area contributed by atoms with Gasteiger partial charge in [-0.25, -0.2) is 0 Å². The van der Waals surface area contributed by atoms with Gasteiger partial charge in [0.05, 0.1) is 19.8 Å². The molecular formula is C19H21NO5S. The zero-order valence-electron chi connectivity index (χ0n) is 15.0. The van der Waals surface area contributed by atoms with Crippen molar-refractivity contribution < 1.29 is 24.2 Å². The Balaban J connectivity index is 2.30. The quantitative estimate of drug-likeness (QED) is 0.716. The average molecular weight is 375 g/mol. The molecule has 6 nitrogen and oxygen atoms in total. The van der Waals surface area contributed by atoms with Crippen molar-refractivity contribution >= 4 is 29.3 Å². The molecule has 0 aliphatic carbocycles. The number of hydrogen-bond donors (Lipinski definition) is 2. The normalized spacial score (nSPS) is 11.5. The van der Waals surface area contributed by atoms with Crippen LogP contribution < -0.4 is 14.8 Å². The monoisotopic (exact) mass is 375 g/mol. The number of thioether (sulfide) groups is 1. The first-order chi connectivity index (χ1) is 12.4. The van der Waals surface area contributed by atoms with Gasteiger partial charge in [0.1, 0.15) is 5.25 Å². The van der Waals surface area contributed by atoms with Gasteiger partial charge in [0.15, 0.2) is 11.5 Å². The van der Waals surface area contributed by atoms with Gasteiger partial charge in [-0.2, -0.15) is 0 Å². The van der Waals surface area contributed by atoms with Crippen LogP contribution in [0.4, 0.5) is 5.69 Å². The van der Waals surface area contributed by atoms with Crippen LogP contribution in [-0.4, -0.2) is 36.5 Å². The highest BCUT2D eigenvalue weighted by Gasteiger charge is 2.19. The van der Waals surface area contributed by atoms with Crippen molar-refractivity contribution in [2.75, 3.05) is 19.5 Å². The molecule has 1 atom stereocenters. The zero-order valence-corrected chi connectivity index (χ0v) is 15.8. The van der Waals surface area contributed by atoms with E-state index in [0.29, 0.717) is 27.6 Å². The van der Waals surface area contributed by atoms with Crippen molar-refractivity contribution in [3.63, 3.8) is 0 Å². The number of rotatable bonds is 7. The van der Waals surface area contributed by atoms with Crippen molar-refractivity contribution in [3.8, 4) is 11.5 Å². The van der Waals surface area contributed by atoms with E-state index in [2.05, 4.69) is 5.32 Å². The van der Waals surface area contributed by atoms with E-state index >= 15 is 0 Å². The summed E-state index contributed by atoms with van der Waals surface area (Å²) in [6.07, 6.45) is 0. The minimum atomic E-state index is -0.930. The molecule has 2 rings (SSSR count). The molecule has 0 bridgehead atoms. The van der Waals surface area contributed by atoms with E-state index in [-0.39, 0.29) is 5.91 Å². The fourth-order valence-corrected chi connectivity index (χ4v) is 3.23. The summed E-state index contributed by atoms with van der Waals surface area (Å²) in [5.41, 5.74) is 1.83. The summed E-state index contributed by atoms with van der Waals surface area (Å²) >= 11 is 1.13. The Morgan fingerprint density at radius 1 is 1.12 bits per heavy atom. The number of hydrogen-bond acceptors (Lipinski definition) is 5. The van der Waals surface area contributed by atoms with Crippen LogP contribution >= 0.6 is 11.8 Å². The molecule has 7 heteroatoms. The molecule has 0 spiro atoms. The van der Waals surface area contributed by atoms with Crippen LogP contribution in [-0.2, 0) is 4.79 Å². The molecule has 1 amide bonds. The number of aliphatic carboxylic acids is 1. The molecule has 0 heterocycles. The van der Waals surface area contributed by atoms with Gasteiger partial charge in [-0.3, -0.25) is 9.59 Å². The zero-order chi connectivity index (χ0) is 19.3. The Morgan fingerprint density at radius 3 is 2.35 bits per heavy atom. The molecular weight excluding hydrogens is 354 g/mol. The van der Waals surface area contributed by atoms with Crippen LogP contribution in [0.25, 0.3) is 0 Å². The Kier molecular flexibility index (Phi) is 6.52. The van der Waals surface area contributed by atoms with Gasteiger partial charge in [0.25, 0.3) is 5.91 Å². The number of anilines is 1. The van der Waals surface area contributed by atoms with Crippen molar-refractivity contribution in [2.45, 2.75) is 24.0 Å². The molecule has 0 aliphatic rings. The molecule has 26 heavy (non-hydrogen) atoms. The molecule has 138 valence electrons. The average Bonchev–Trinajstić information content (AvgIpc) is 2.63. The fourth-order valence-electron chi connectivity index (χ4n) is 2.30. The van der Waals surface area contributed by atoms with Gasteiger partial charge < -0.3 is 19.9 Å². The molecule has 1 unspecified atom stereocenters. The van der Waals surface area contributed by atoms with E-state index < -0.39 is 11.2 Å². The summed E-state index contributed by atoms with van der Waals surface area (Å²) < 4.78 is 10.5. The Labute approximate surface area is 156 Å². The molecule has 0 saturated heterocycles. The van der Waals surface area contributed by atoms with Crippen LogP contribution in [0.2, 0.25) is 0 Å². The molecule has 0 radical (unpaired) electrons. The summed E-state index contributed by atoms with van der Waals surface area (Å²) in [4.78, 5) is 24.5. The molecule has 0 aromatic heterocycles. The Bertz CT molecular complexity index is 822. The van der Waals surface area contributed by atoms with Gasteiger partial charge in [0, 0.05) is 16.6 Å². The number of aryl methyl sites for hydroxylation is 1. The lowest BCUT2D eigenvalue weighted by molar-refractivity contribution is -0.136. The van der Waals surface area contributed by atoms with E-state index in [0.717, 1.165) is 17.3 Å². The highest BCUT2D eigenvalue weighted by Crippen LogP contribution is 2.34. The molecule has 0 aliphatic heterocycles. The van der Waals surface area contributed by atoms with Crippen LogP contribution in [0, 0.1) is 6.92 Å². The number of carboxylic acids is 1.